The molecule has 0 unspecified atom stereocenters. The highest BCUT2D eigenvalue weighted by molar-refractivity contribution is 5.80. The zero-order valence-electron chi connectivity index (χ0n) is 19.2. The van der Waals surface area contributed by atoms with Crippen molar-refractivity contribution >= 4 is 5.65 Å². The Bertz CT molecular complexity index is 1380. The standard InChI is InChI=1S/C28H28N6/c1-2-14-33(15-3-1)16-12-21-7-9-22(10-8-21)25-18-29-28-26(19-31-34(28)20-25)23-5-4-6-24(17-23)27-11-13-30-32-27/h4-11,13,17-20H,1-3,12,14-16H2,(H,30,32). The maximum absolute atomic E-state index is 4.78. The zero-order valence-corrected chi connectivity index (χ0v) is 19.2. The van der Waals surface area contributed by atoms with Crippen molar-refractivity contribution in [1.29, 1.82) is 0 Å². The molecular formula is C28H28N6. The van der Waals surface area contributed by atoms with Gasteiger partial charge in [-0.15, -0.1) is 0 Å². The topological polar surface area (TPSA) is 62.1 Å². The van der Waals surface area contributed by atoms with Crippen LogP contribution in [0.5, 0.6) is 0 Å². The van der Waals surface area contributed by atoms with Gasteiger partial charge in [-0.1, -0.05) is 48.9 Å². The number of aromatic amines is 1. The molecule has 1 aliphatic heterocycles. The average Bonchev–Trinajstić information content (AvgIpc) is 3.59. The summed E-state index contributed by atoms with van der Waals surface area (Å²) in [5.41, 5.74) is 8.65. The summed E-state index contributed by atoms with van der Waals surface area (Å²) in [5.74, 6) is 0. The summed E-state index contributed by atoms with van der Waals surface area (Å²) in [7, 11) is 0. The van der Waals surface area contributed by atoms with E-state index in [1.54, 1.807) is 6.20 Å². The highest BCUT2D eigenvalue weighted by Gasteiger charge is 2.12. The van der Waals surface area contributed by atoms with Crippen LogP contribution in [0, 0.1) is 0 Å². The number of hydrogen-bond acceptors (Lipinski definition) is 4. The van der Waals surface area contributed by atoms with Crippen molar-refractivity contribution in [3.63, 3.8) is 0 Å². The minimum Gasteiger partial charge on any atom is -0.303 e. The van der Waals surface area contributed by atoms with E-state index in [0.29, 0.717) is 0 Å². The maximum Gasteiger partial charge on any atom is 0.162 e. The Labute approximate surface area is 199 Å². The molecule has 3 aromatic heterocycles. The molecule has 170 valence electrons. The first-order valence-corrected chi connectivity index (χ1v) is 12.1. The quantitative estimate of drug-likeness (QED) is 0.374. The van der Waals surface area contributed by atoms with Crippen molar-refractivity contribution in [3.8, 4) is 33.5 Å². The molecule has 1 aliphatic rings. The summed E-state index contributed by atoms with van der Waals surface area (Å²) >= 11 is 0. The third-order valence-corrected chi connectivity index (χ3v) is 6.79. The van der Waals surface area contributed by atoms with Crippen molar-refractivity contribution in [2.45, 2.75) is 25.7 Å². The van der Waals surface area contributed by atoms with Crippen LogP contribution in [-0.4, -0.2) is 49.3 Å². The lowest BCUT2D eigenvalue weighted by Crippen LogP contribution is -2.31. The number of piperidine rings is 1. The number of hydrogen-bond donors (Lipinski definition) is 1. The minimum atomic E-state index is 0.851. The fraction of sp³-hybridized carbons (Fsp3) is 0.250. The van der Waals surface area contributed by atoms with Crippen LogP contribution >= 0.6 is 0 Å². The molecule has 2 aromatic carbocycles. The van der Waals surface area contributed by atoms with E-state index in [0.717, 1.165) is 52.1 Å². The van der Waals surface area contributed by atoms with E-state index in [-0.39, 0.29) is 0 Å². The number of H-pyrrole nitrogens is 1. The molecule has 0 aliphatic carbocycles. The average molecular weight is 449 g/mol. The van der Waals surface area contributed by atoms with Crippen molar-refractivity contribution in [2.75, 3.05) is 19.6 Å². The van der Waals surface area contributed by atoms with Gasteiger partial charge in [0.05, 0.1) is 11.9 Å². The van der Waals surface area contributed by atoms with Gasteiger partial charge in [0, 0.05) is 41.8 Å². The number of nitrogens with zero attached hydrogens (tertiary/aromatic N) is 5. The third kappa shape index (κ3) is 4.24. The molecule has 4 heterocycles. The van der Waals surface area contributed by atoms with Gasteiger partial charge in [-0.05, 0) is 61.2 Å². The lowest BCUT2D eigenvalue weighted by molar-refractivity contribution is 0.231. The first-order chi connectivity index (χ1) is 16.8. The molecule has 6 heteroatoms. The van der Waals surface area contributed by atoms with Crippen LogP contribution in [0.3, 0.4) is 0 Å². The Morgan fingerprint density at radius 2 is 1.68 bits per heavy atom. The van der Waals surface area contributed by atoms with Gasteiger partial charge in [0.25, 0.3) is 0 Å². The van der Waals surface area contributed by atoms with Crippen molar-refractivity contribution < 1.29 is 0 Å². The smallest absolute Gasteiger partial charge is 0.162 e. The second-order valence-corrected chi connectivity index (χ2v) is 9.07. The van der Waals surface area contributed by atoms with Gasteiger partial charge < -0.3 is 4.90 Å². The van der Waals surface area contributed by atoms with Gasteiger partial charge in [-0.2, -0.15) is 10.2 Å². The molecule has 0 amide bonds. The van der Waals surface area contributed by atoms with E-state index in [4.69, 9.17) is 4.98 Å². The summed E-state index contributed by atoms with van der Waals surface area (Å²) in [6.07, 6.45) is 12.9. The molecular weight excluding hydrogens is 420 g/mol. The number of benzene rings is 2. The van der Waals surface area contributed by atoms with Gasteiger partial charge in [-0.3, -0.25) is 5.10 Å². The highest BCUT2D eigenvalue weighted by Crippen LogP contribution is 2.29. The summed E-state index contributed by atoms with van der Waals surface area (Å²) < 4.78 is 1.87. The minimum absolute atomic E-state index is 0.851. The fourth-order valence-electron chi connectivity index (χ4n) is 4.83. The fourth-order valence-corrected chi connectivity index (χ4v) is 4.83. The molecule has 0 radical (unpaired) electrons. The summed E-state index contributed by atoms with van der Waals surface area (Å²) in [5, 5.41) is 11.7. The van der Waals surface area contributed by atoms with Crippen molar-refractivity contribution in [2.24, 2.45) is 0 Å². The Balaban J connectivity index is 1.21. The van der Waals surface area contributed by atoms with Crippen LogP contribution in [0.15, 0.2) is 79.4 Å². The molecule has 1 saturated heterocycles. The normalized spacial score (nSPS) is 14.6. The zero-order chi connectivity index (χ0) is 22.7. The van der Waals surface area contributed by atoms with Gasteiger partial charge in [0.1, 0.15) is 0 Å². The number of likely N-dealkylation sites (tertiary alicyclic amines) is 1. The van der Waals surface area contributed by atoms with E-state index in [9.17, 15) is 0 Å². The van der Waals surface area contributed by atoms with E-state index in [1.165, 1.54) is 37.9 Å². The monoisotopic (exact) mass is 448 g/mol. The molecule has 0 spiro atoms. The molecule has 0 saturated carbocycles. The first-order valence-electron chi connectivity index (χ1n) is 12.1. The van der Waals surface area contributed by atoms with Crippen LogP contribution in [0.25, 0.3) is 39.2 Å². The largest absolute Gasteiger partial charge is 0.303 e. The Morgan fingerprint density at radius 1 is 0.824 bits per heavy atom. The first kappa shape index (κ1) is 20.8. The molecule has 34 heavy (non-hydrogen) atoms. The van der Waals surface area contributed by atoms with E-state index >= 15 is 0 Å². The molecule has 1 N–H and O–H groups in total. The lowest BCUT2D eigenvalue weighted by Gasteiger charge is -2.26. The van der Waals surface area contributed by atoms with Crippen LogP contribution in [-0.2, 0) is 6.42 Å². The van der Waals surface area contributed by atoms with E-state index in [2.05, 4.69) is 74.9 Å². The van der Waals surface area contributed by atoms with Gasteiger partial charge >= 0.3 is 0 Å². The predicted octanol–water partition coefficient (Wildman–Crippen LogP) is 5.48. The van der Waals surface area contributed by atoms with Crippen molar-refractivity contribution in [3.05, 3.63) is 84.9 Å². The number of rotatable bonds is 6. The maximum atomic E-state index is 4.78. The van der Waals surface area contributed by atoms with Crippen LogP contribution in [0.4, 0.5) is 0 Å². The van der Waals surface area contributed by atoms with Crippen LogP contribution in [0.1, 0.15) is 24.8 Å². The summed E-state index contributed by atoms with van der Waals surface area (Å²) in [6.45, 7) is 3.66. The van der Waals surface area contributed by atoms with Crippen LogP contribution in [0.2, 0.25) is 0 Å². The van der Waals surface area contributed by atoms with Gasteiger partial charge in [-0.25, -0.2) is 9.50 Å². The second-order valence-electron chi connectivity index (χ2n) is 9.07. The SMILES string of the molecule is c1cc(-c2ccn[nH]2)cc(-c2cnn3cc(-c4ccc(CCN5CCCCC5)cc4)cnc23)c1. The molecule has 6 rings (SSSR count). The molecule has 1 fully saturated rings. The van der Waals surface area contributed by atoms with Gasteiger partial charge in [0.15, 0.2) is 5.65 Å². The highest BCUT2D eigenvalue weighted by atomic mass is 15.2. The molecule has 6 nitrogen and oxygen atoms in total. The number of fused-ring (bicyclic) bond motifs is 1. The Kier molecular flexibility index (Phi) is 5.65. The predicted molar refractivity (Wildman–Crippen MR) is 135 cm³/mol. The third-order valence-electron chi connectivity index (χ3n) is 6.79. The molecule has 0 bridgehead atoms. The number of aromatic nitrogens is 5. The summed E-state index contributed by atoms with van der Waals surface area (Å²) in [4.78, 5) is 7.37. The lowest BCUT2D eigenvalue weighted by atomic mass is 10.0. The van der Waals surface area contributed by atoms with Gasteiger partial charge in [0.2, 0.25) is 0 Å². The number of nitrogens with one attached hydrogen (secondary N) is 1. The van der Waals surface area contributed by atoms with Crippen molar-refractivity contribution in [1.82, 2.24) is 29.7 Å². The Hall–Kier alpha value is -3.77. The van der Waals surface area contributed by atoms with Crippen LogP contribution < -0.4 is 0 Å². The second kappa shape index (κ2) is 9.23. The molecule has 5 aromatic rings. The van der Waals surface area contributed by atoms with E-state index in [1.807, 2.05) is 23.0 Å². The molecule has 0 atom stereocenters. The Morgan fingerprint density at radius 3 is 2.50 bits per heavy atom. The van der Waals surface area contributed by atoms with E-state index < -0.39 is 0 Å². The summed E-state index contributed by atoms with van der Waals surface area (Å²) in [6, 6.07) is 19.2.